The van der Waals surface area contributed by atoms with Gasteiger partial charge in [0, 0.05) is 19.2 Å². The predicted molar refractivity (Wildman–Crippen MR) is 72.6 cm³/mol. The number of nitro benzene ring substituents is 1. The van der Waals surface area contributed by atoms with Crippen LogP contribution >= 0.6 is 11.6 Å². The van der Waals surface area contributed by atoms with Gasteiger partial charge in [-0.05, 0) is 6.07 Å². The minimum absolute atomic E-state index is 0.0556. The molecule has 0 saturated heterocycles. The van der Waals surface area contributed by atoms with Gasteiger partial charge in [0.15, 0.2) is 0 Å². The molecular formula is C12H10ClN3O5. The lowest BCUT2D eigenvalue weighted by molar-refractivity contribution is -0.385. The first-order valence-corrected chi connectivity index (χ1v) is 6.08. The Labute approximate surface area is 123 Å². The SMILES string of the molecule is Cn1c(Cl)cnc1COc1ccc([N+](=O)[O-])c(C(=O)O)c1. The Balaban J connectivity index is 2.21. The van der Waals surface area contributed by atoms with Crippen molar-refractivity contribution in [3.8, 4) is 5.75 Å². The van der Waals surface area contributed by atoms with Gasteiger partial charge in [0.05, 0.1) is 11.1 Å². The van der Waals surface area contributed by atoms with E-state index in [0.29, 0.717) is 11.0 Å². The molecule has 0 radical (unpaired) electrons. The van der Waals surface area contributed by atoms with E-state index >= 15 is 0 Å². The summed E-state index contributed by atoms with van der Waals surface area (Å²) in [5.41, 5.74) is -0.926. The molecule has 1 heterocycles. The molecule has 0 bridgehead atoms. The minimum atomic E-state index is -1.40. The fourth-order valence-electron chi connectivity index (χ4n) is 1.64. The molecule has 0 amide bonds. The summed E-state index contributed by atoms with van der Waals surface area (Å²) in [5.74, 6) is -0.667. The lowest BCUT2D eigenvalue weighted by atomic mass is 10.1. The van der Waals surface area contributed by atoms with Gasteiger partial charge < -0.3 is 14.4 Å². The number of carboxylic acid groups (broad SMARTS) is 1. The fourth-order valence-corrected chi connectivity index (χ4v) is 1.79. The van der Waals surface area contributed by atoms with Gasteiger partial charge in [-0.3, -0.25) is 10.1 Å². The predicted octanol–water partition coefficient (Wildman–Crippen LogP) is 2.26. The molecule has 21 heavy (non-hydrogen) atoms. The average molecular weight is 312 g/mol. The number of halogens is 1. The molecule has 110 valence electrons. The first kappa shape index (κ1) is 14.8. The highest BCUT2D eigenvalue weighted by atomic mass is 35.5. The summed E-state index contributed by atoms with van der Waals surface area (Å²) in [6.45, 7) is 0.0556. The number of carboxylic acids is 1. The van der Waals surface area contributed by atoms with Crippen molar-refractivity contribution in [2.24, 2.45) is 7.05 Å². The molecule has 0 atom stereocenters. The van der Waals surface area contributed by atoms with Crippen molar-refractivity contribution in [2.45, 2.75) is 6.61 Å². The van der Waals surface area contributed by atoms with Crippen molar-refractivity contribution < 1.29 is 19.6 Å². The molecule has 0 aliphatic rings. The van der Waals surface area contributed by atoms with Gasteiger partial charge in [-0.1, -0.05) is 11.6 Å². The van der Waals surface area contributed by atoms with Crippen LogP contribution in [-0.2, 0) is 13.7 Å². The van der Waals surface area contributed by atoms with E-state index in [9.17, 15) is 14.9 Å². The molecule has 0 aliphatic carbocycles. The maximum Gasteiger partial charge on any atom is 0.342 e. The number of aromatic carboxylic acids is 1. The quantitative estimate of drug-likeness (QED) is 0.670. The third-order valence-corrected chi connectivity index (χ3v) is 3.14. The summed E-state index contributed by atoms with van der Waals surface area (Å²) in [6, 6.07) is 3.52. The van der Waals surface area contributed by atoms with Crippen LogP contribution in [0, 0.1) is 10.1 Å². The Kier molecular flexibility index (Phi) is 4.08. The third-order valence-electron chi connectivity index (χ3n) is 2.79. The number of nitro groups is 1. The van der Waals surface area contributed by atoms with E-state index in [1.165, 1.54) is 12.3 Å². The highest BCUT2D eigenvalue weighted by Crippen LogP contribution is 2.24. The molecular weight excluding hydrogens is 302 g/mol. The van der Waals surface area contributed by atoms with Crippen molar-refractivity contribution in [3.05, 3.63) is 51.1 Å². The number of hydrogen-bond acceptors (Lipinski definition) is 5. The summed E-state index contributed by atoms with van der Waals surface area (Å²) in [4.78, 5) is 25.0. The molecule has 2 rings (SSSR count). The summed E-state index contributed by atoms with van der Waals surface area (Å²) in [5, 5.41) is 20.1. The zero-order valence-electron chi connectivity index (χ0n) is 10.8. The van der Waals surface area contributed by atoms with E-state index in [2.05, 4.69) is 4.98 Å². The molecule has 1 N–H and O–H groups in total. The van der Waals surface area contributed by atoms with Crippen molar-refractivity contribution in [1.29, 1.82) is 0 Å². The van der Waals surface area contributed by atoms with E-state index in [-0.39, 0.29) is 12.4 Å². The molecule has 0 unspecified atom stereocenters. The molecule has 2 aromatic rings. The highest BCUT2D eigenvalue weighted by molar-refractivity contribution is 6.29. The number of ether oxygens (including phenoxy) is 1. The van der Waals surface area contributed by atoms with Crippen LogP contribution in [0.25, 0.3) is 0 Å². The first-order chi connectivity index (χ1) is 9.90. The van der Waals surface area contributed by atoms with E-state index in [4.69, 9.17) is 21.4 Å². The van der Waals surface area contributed by atoms with Crippen LogP contribution in [0.2, 0.25) is 5.15 Å². The first-order valence-electron chi connectivity index (χ1n) is 5.70. The smallest absolute Gasteiger partial charge is 0.342 e. The zero-order chi connectivity index (χ0) is 15.6. The minimum Gasteiger partial charge on any atom is -0.486 e. The molecule has 0 fully saturated rings. The topological polar surface area (TPSA) is 107 Å². The number of imidazole rings is 1. The van der Waals surface area contributed by atoms with Crippen LogP contribution in [-0.4, -0.2) is 25.6 Å². The number of rotatable bonds is 5. The van der Waals surface area contributed by atoms with Crippen LogP contribution in [0.5, 0.6) is 5.75 Å². The van der Waals surface area contributed by atoms with Crippen LogP contribution in [0.3, 0.4) is 0 Å². The standard InChI is InChI=1S/C12H10ClN3O5/c1-15-10(13)5-14-11(15)6-21-7-2-3-9(16(19)20)8(4-7)12(17)18/h2-5H,6H2,1H3,(H,17,18). The van der Waals surface area contributed by atoms with E-state index in [1.54, 1.807) is 11.6 Å². The highest BCUT2D eigenvalue weighted by Gasteiger charge is 2.20. The number of benzene rings is 1. The maximum atomic E-state index is 11.0. The van der Waals surface area contributed by atoms with Crippen LogP contribution < -0.4 is 4.74 Å². The summed E-state index contributed by atoms with van der Waals surface area (Å²) in [6.07, 6.45) is 1.46. The summed E-state index contributed by atoms with van der Waals surface area (Å²) in [7, 11) is 1.70. The normalized spacial score (nSPS) is 10.4. The van der Waals surface area contributed by atoms with Gasteiger partial charge in [-0.25, -0.2) is 9.78 Å². The molecule has 0 spiro atoms. The van der Waals surface area contributed by atoms with Crippen LogP contribution in [0.1, 0.15) is 16.2 Å². The number of aromatic nitrogens is 2. The Morgan fingerprint density at radius 2 is 2.29 bits per heavy atom. The van der Waals surface area contributed by atoms with Crippen molar-refractivity contribution in [2.75, 3.05) is 0 Å². The Morgan fingerprint density at radius 1 is 1.57 bits per heavy atom. The van der Waals surface area contributed by atoms with E-state index in [0.717, 1.165) is 12.1 Å². The van der Waals surface area contributed by atoms with Gasteiger partial charge in [-0.15, -0.1) is 0 Å². The number of hydrogen-bond donors (Lipinski definition) is 1. The molecule has 9 heteroatoms. The fraction of sp³-hybridized carbons (Fsp3) is 0.167. The van der Waals surface area contributed by atoms with Gasteiger partial charge in [0.2, 0.25) is 0 Å². The van der Waals surface area contributed by atoms with Crippen molar-refractivity contribution in [3.63, 3.8) is 0 Å². The second-order valence-electron chi connectivity index (χ2n) is 4.09. The van der Waals surface area contributed by atoms with Gasteiger partial charge >= 0.3 is 5.97 Å². The summed E-state index contributed by atoms with van der Waals surface area (Å²) < 4.78 is 6.99. The van der Waals surface area contributed by atoms with E-state index in [1.807, 2.05) is 0 Å². The van der Waals surface area contributed by atoms with Gasteiger partial charge in [0.1, 0.15) is 28.9 Å². The second kappa shape index (κ2) is 5.80. The second-order valence-corrected chi connectivity index (χ2v) is 4.47. The molecule has 8 nitrogen and oxygen atoms in total. The molecule has 1 aromatic heterocycles. The monoisotopic (exact) mass is 311 g/mol. The lowest BCUT2D eigenvalue weighted by Gasteiger charge is -2.07. The molecule has 1 aromatic carbocycles. The number of carbonyl (C=O) groups is 1. The van der Waals surface area contributed by atoms with Crippen molar-refractivity contribution in [1.82, 2.24) is 9.55 Å². The van der Waals surface area contributed by atoms with Crippen LogP contribution in [0.4, 0.5) is 5.69 Å². The van der Waals surface area contributed by atoms with Gasteiger partial charge in [0.25, 0.3) is 5.69 Å². The van der Waals surface area contributed by atoms with Crippen LogP contribution in [0.15, 0.2) is 24.4 Å². The lowest BCUT2D eigenvalue weighted by Crippen LogP contribution is -2.06. The third kappa shape index (κ3) is 3.11. The Morgan fingerprint density at radius 3 is 2.81 bits per heavy atom. The largest absolute Gasteiger partial charge is 0.486 e. The van der Waals surface area contributed by atoms with E-state index < -0.39 is 22.1 Å². The van der Waals surface area contributed by atoms with Crippen molar-refractivity contribution >= 4 is 23.3 Å². The van der Waals surface area contributed by atoms with Gasteiger partial charge in [-0.2, -0.15) is 0 Å². The molecule has 0 saturated carbocycles. The zero-order valence-corrected chi connectivity index (χ0v) is 11.6. The Bertz CT molecular complexity index is 713. The Hall–Kier alpha value is -2.61. The average Bonchev–Trinajstić information content (AvgIpc) is 2.76. The number of nitrogens with zero attached hydrogens (tertiary/aromatic N) is 3. The molecule has 0 aliphatic heterocycles. The maximum absolute atomic E-state index is 11.0. The summed E-state index contributed by atoms with van der Waals surface area (Å²) >= 11 is 5.83.